The molecule has 9 nitrogen and oxygen atoms in total. The van der Waals surface area contributed by atoms with E-state index in [-0.39, 0.29) is 29.4 Å². The summed E-state index contributed by atoms with van der Waals surface area (Å²) in [4.78, 5) is 12.6. The third-order valence-corrected chi connectivity index (χ3v) is 5.27. The molecule has 4 atom stereocenters. The van der Waals surface area contributed by atoms with Gasteiger partial charge in [-0.3, -0.25) is 0 Å². The molecule has 1 saturated carbocycles. The average Bonchev–Trinajstić information content (AvgIpc) is 3.16. The summed E-state index contributed by atoms with van der Waals surface area (Å²) in [6.45, 7) is 1.71. The van der Waals surface area contributed by atoms with Crippen LogP contribution in [0.25, 0.3) is 22.6 Å². The summed E-state index contributed by atoms with van der Waals surface area (Å²) < 4.78 is 5.84. The van der Waals surface area contributed by atoms with Crippen molar-refractivity contribution < 1.29 is 19.7 Å². The maximum absolute atomic E-state index is 10.3. The monoisotopic (exact) mass is 405 g/mol. The minimum absolute atomic E-state index is 0.0463. The van der Waals surface area contributed by atoms with Crippen molar-refractivity contribution in [2.75, 3.05) is 17.7 Å². The minimum Gasteiger partial charge on any atom is -0.436 e. The first-order chi connectivity index (χ1) is 13.4. The number of halogens is 1. The van der Waals surface area contributed by atoms with E-state index in [1.165, 1.54) is 0 Å². The summed E-state index contributed by atoms with van der Waals surface area (Å²) >= 11 is 6.31. The van der Waals surface area contributed by atoms with Crippen molar-refractivity contribution in [3.8, 4) is 11.5 Å². The lowest BCUT2D eigenvalue weighted by Crippen LogP contribution is -2.35. The molecule has 2 heterocycles. The fourth-order valence-corrected chi connectivity index (χ4v) is 3.76. The standard InChI is InChI=1S/C18H20ClN5O4/c1-7-2-3-9-11(4-7)28-17(22-9)12-15(19)23-18(20)24-16(12)21-10-5-8(6-25)13(26)14(10)27/h2-4,8,10,13-14,25-27H,5-6H2,1H3,(H3,20,21,23,24)/t8-,10-,13-,14+/m1/s1. The number of anilines is 2. The Hall–Kier alpha value is -2.46. The molecule has 1 aliphatic rings. The van der Waals surface area contributed by atoms with Crippen LogP contribution in [0.1, 0.15) is 12.0 Å². The number of benzene rings is 1. The largest absolute Gasteiger partial charge is 0.436 e. The average molecular weight is 406 g/mol. The molecule has 0 radical (unpaired) electrons. The highest BCUT2D eigenvalue weighted by Crippen LogP contribution is 2.37. The van der Waals surface area contributed by atoms with Gasteiger partial charge in [0.15, 0.2) is 5.58 Å². The number of nitrogens with zero attached hydrogens (tertiary/aromatic N) is 3. The SMILES string of the molecule is Cc1ccc2nc(-c3c(Cl)nc(N)nc3N[C@@H]3C[C@H](CO)[C@@H](O)[C@H]3O)oc2c1. The number of fused-ring (bicyclic) bond motifs is 1. The van der Waals surface area contributed by atoms with E-state index in [2.05, 4.69) is 20.3 Å². The van der Waals surface area contributed by atoms with Gasteiger partial charge in [-0.25, -0.2) is 9.97 Å². The summed E-state index contributed by atoms with van der Waals surface area (Å²) in [5.41, 5.74) is 8.30. The van der Waals surface area contributed by atoms with Gasteiger partial charge in [-0.2, -0.15) is 4.98 Å². The quantitative estimate of drug-likeness (QED) is 0.405. The molecule has 1 aromatic carbocycles. The number of aromatic nitrogens is 3. The Labute approximate surface area is 165 Å². The normalized spacial score (nSPS) is 24.8. The summed E-state index contributed by atoms with van der Waals surface area (Å²) in [7, 11) is 0. The molecule has 0 spiro atoms. The molecule has 0 aliphatic heterocycles. The molecular weight excluding hydrogens is 386 g/mol. The number of aliphatic hydroxyl groups is 3. The maximum Gasteiger partial charge on any atom is 0.234 e. The van der Waals surface area contributed by atoms with Gasteiger partial charge < -0.3 is 30.8 Å². The molecule has 0 unspecified atom stereocenters. The second-order valence-corrected chi connectivity index (χ2v) is 7.35. The smallest absolute Gasteiger partial charge is 0.234 e. The van der Waals surface area contributed by atoms with Crippen LogP contribution in [-0.4, -0.2) is 55.1 Å². The van der Waals surface area contributed by atoms with Gasteiger partial charge >= 0.3 is 0 Å². The van der Waals surface area contributed by atoms with Crippen molar-refractivity contribution in [3.63, 3.8) is 0 Å². The number of aliphatic hydroxyl groups excluding tert-OH is 3. The lowest BCUT2D eigenvalue weighted by molar-refractivity contribution is 0.00446. The highest BCUT2D eigenvalue weighted by molar-refractivity contribution is 6.32. The fraction of sp³-hybridized carbons (Fsp3) is 0.389. The fourth-order valence-electron chi connectivity index (χ4n) is 3.51. The van der Waals surface area contributed by atoms with E-state index in [0.717, 1.165) is 5.56 Å². The summed E-state index contributed by atoms with van der Waals surface area (Å²) in [5.74, 6) is -0.0664. The Morgan fingerprint density at radius 3 is 2.75 bits per heavy atom. The van der Waals surface area contributed by atoms with E-state index in [9.17, 15) is 15.3 Å². The van der Waals surface area contributed by atoms with Gasteiger partial charge in [0.25, 0.3) is 0 Å². The highest BCUT2D eigenvalue weighted by atomic mass is 35.5. The van der Waals surface area contributed by atoms with Crippen LogP contribution in [-0.2, 0) is 0 Å². The molecule has 2 aromatic heterocycles. The van der Waals surface area contributed by atoms with Crippen LogP contribution in [0, 0.1) is 12.8 Å². The first kappa shape index (κ1) is 18.9. The summed E-state index contributed by atoms with van der Waals surface area (Å²) in [6.07, 6.45) is -1.80. The molecule has 0 bridgehead atoms. The molecule has 4 rings (SSSR count). The van der Waals surface area contributed by atoms with Crippen molar-refractivity contribution in [2.45, 2.75) is 31.6 Å². The van der Waals surface area contributed by atoms with Crippen LogP contribution in [0.2, 0.25) is 5.15 Å². The molecule has 28 heavy (non-hydrogen) atoms. The molecule has 1 aliphatic carbocycles. The Balaban J connectivity index is 1.75. The molecule has 10 heteroatoms. The number of oxazole rings is 1. The lowest BCUT2D eigenvalue weighted by atomic mass is 10.1. The zero-order chi connectivity index (χ0) is 20.0. The zero-order valence-electron chi connectivity index (χ0n) is 15.0. The molecular formula is C18H20ClN5O4. The first-order valence-electron chi connectivity index (χ1n) is 8.81. The van der Waals surface area contributed by atoms with Gasteiger partial charge in [0.1, 0.15) is 28.2 Å². The number of nitrogens with one attached hydrogen (secondary N) is 1. The topological polar surface area (TPSA) is 151 Å². The van der Waals surface area contributed by atoms with Crippen LogP contribution in [0.4, 0.5) is 11.8 Å². The number of nitrogens with two attached hydrogens (primary N) is 1. The Morgan fingerprint density at radius 2 is 2.04 bits per heavy atom. The van der Waals surface area contributed by atoms with Gasteiger partial charge in [0.2, 0.25) is 11.8 Å². The van der Waals surface area contributed by atoms with Crippen LogP contribution >= 0.6 is 11.6 Å². The van der Waals surface area contributed by atoms with Crippen molar-refractivity contribution in [3.05, 3.63) is 28.9 Å². The van der Waals surface area contributed by atoms with Crippen LogP contribution in [0.5, 0.6) is 0 Å². The van der Waals surface area contributed by atoms with Gasteiger partial charge in [-0.1, -0.05) is 17.7 Å². The molecule has 3 aromatic rings. The third kappa shape index (κ3) is 3.26. The van der Waals surface area contributed by atoms with Gasteiger partial charge in [-0.05, 0) is 31.0 Å². The van der Waals surface area contributed by atoms with Crippen LogP contribution in [0.3, 0.4) is 0 Å². The van der Waals surface area contributed by atoms with Gasteiger partial charge in [0.05, 0.1) is 12.1 Å². The Morgan fingerprint density at radius 1 is 1.25 bits per heavy atom. The Kier molecular flexibility index (Phi) is 4.84. The number of rotatable bonds is 4. The molecule has 6 N–H and O–H groups in total. The number of aryl methyl sites for hydroxylation is 1. The number of hydrogen-bond acceptors (Lipinski definition) is 9. The number of nitrogen functional groups attached to an aromatic ring is 1. The van der Waals surface area contributed by atoms with E-state index in [1.54, 1.807) is 0 Å². The molecule has 0 amide bonds. The Bertz CT molecular complexity index is 1030. The minimum atomic E-state index is -1.09. The van der Waals surface area contributed by atoms with Crippen LogP contribution < -0.4 is 11.1 Å². The predicted octanol–water partition coefficient (Wildman–Crippen LogP) is 1.34. The summed E-state index contributed by atoms with van der Waals surface area (Å²) in [6, 6.07) is 5.04. The molecule has 148 valence electrons. The third-order valence-electron chi connectivity index (χ3n) is 5.00. The van der Waals surface area contributed by atoms with Crippen molar-refractivity contribution in [1.29, 1.82) is 0 Å². The van der Waals surface area contributed by atoms with E-state index in [0.29, 0.717) is 23.1 Å². The molecule has 0 saturated heterocycles. The maximum atomic E-state index is 10.3. The van der Waals surface area contributed by atoms with Gasteiger partial charge in [0, 0.05) is 12.5 Å². The summed E-state index contributed by atoms with van der Waals surface area (Å²) in [5, 5.41) is 32.8. The second-order valence-electron chi connectivity index (χ2n) is 7.00. The van der Waals surface area contributed by atoms with E-state index in [4.69, 9.17) is 21.8 Å². The predicted molar refractivity (Wildman–Crippen MR) is 104 cm³/mol. The van der Waals surface area contributed by atoms with Crippen LogP contribution in [0.15, 0.2) is 22.6 Å². The second kappa shape index (κ2) is 7.17. The van der Waals surface area contributed by atoms with Gasteiger partial charge in [-0.15, -0.1) is 0 Å². The van der Waals surface area contributed by atoms with E-state index < -0.39 is 24.2 Å². The van der Waals surface area contributed by atoms with Crippen molar-refractivity contribution in [2.24, 2.45) is 5.92 Å². The lowest BCUT2D eigenvalue weighted by Gasteiger charge is -2.20. The zero-order valence-corrected chi connectivity index (χ0v) is 15.8. The number of hydrogen-bond donors (Lipinski definition) is 5. The van der Waals surface area contributed by atoms with E-state index >= 15 is 0 Å². The van der Waals surface area contributed by atoms with E-state index in [1.807, 2.05) is 25.1 Å². The van der Waals surface area contributed by atoms with Crippen molar-refractivity contribution >= 4 is 34.5 Å². The van der Waals surface area contributed by atoms with Crippen molar-refractivity contribution in [1.82, 2.24) is 15.0 Å². The molecule has 1 fully saturated rings. The first-order valence-corrected chi connectivity index (χ1v) is 9.19. The highest BCUT2D eigenvalue weighted by Gasteiger charge is 2.41.